The van der Waals surface area contributed by atoms with Gasteiger partial charge in [-0.2, -0.15) is 5.10 Å². The zero-order valence-electron chi connectivity index (χ0n) is 12.2. The molecular weight excluding hydrogens is 326 g/mol. The lowest BCUT2D eigenvalue weighted by molar-refractivity contribution is 0.0275. The highest BCUT2D eigenvalue weighted by molar-refractivity contribution is 9.10. The summed E-state index contributed by atoms with van der Waals surface area (Å²) in [6, 6.07) is 0. The van der Waals surface area contributed by atoms with Crippen LogP contribution in [0.25, 0.3) is 0 Å². The molecule has 0 spiro atoms. The van der Waals surface area contributed by atoms with Gasteiger partial charge in [0.05, 0.1) is 12.7 Å². The van der Waals surface area contributed by atoms with Crippen LogP contribution >= 0.6 is 15.9 Å². The maximum atomic E-state index is 12.0. The molecular formula is C13H20BrN3O3. The SMILES string of the molecule is Cn1ncc(O[C@H]2CCN(C(=O)OC(C)(C)C)C2)c1Br. The standard InChI is InChI=1S/C13H20BrN3O3/c1-13(2,3)20-12(18)17-6-5-9(8-17)19-10-7-15-16(4)11(10)14/h7,9H,5-6,8H2,1-4H3/t9-/m0/s1. The van der Waals surface area contributed by atoms with Crippen LogP contribution in [-0.4, -0.2) is 45.6 Å². The summed E-state index contributed by atoms with van der Waals surface area (Å²) in [5.41, 5.74) is -0.470. The predicted octanol–water partition coefficient (Wildman–Crippen LogP) is 2.57. The predicted molar refractivity (Wildman–Crippen MR) is 77.7 cm³/mol. The number of aryl methyl sites for hydroxylation is 1. The monoisotopic (exact) mass is 345 g/mol. The summed E-state index contributed by atoms with van der Waals surface area (Å²) in [4.78, 5) is 13.6. The Balaban J connectivity index is 1.89. The minimum absolute atomic E-state index is 0.0250. The van der Waals surface area contributed by atoms with Gasteiger partial charge < -0.3 is 14.4 Å². The third-order valence-corrected chi connectivity index (χ3v) is 3.83. The molecule has 1 aromatic heterocycles. The molecule has 0 radical (unpaired) electrons. The van der Waals surface area contributed by atoms with E-state index in [1.165, 1.54) is 0 Å². The van der Waals surface area contributed by atoms with Crippen molar-refractivity contribution in [2.24, 2.45) is 7.05 Å². The summed E-state index contributed by atoms with van der Waals surface area (Å²) < 4.78 is 13.7. The van der Waals surface area contributed by atoms with Crippen LogP contribution in [0.5, 0.6) is 5.75 Å². The van der Waals surface area contributed by atoms with Crippen molar-refractivity contribution in [2.75, 3.05) is 13.1 Å². The van der Waals surface area contributed by atoms with Gasteiger partial charge in [-0.3, -0.25) is 4.68 Å². The quantitative estimate of drug-likeness (QED) is 0.826. The van der Waals surface area contributed by atoms with E-state index >= 15 is 0 Å². The summed E-state index contributed by atoms with van der Waals surface area (Å²) in [5, 5.41) is 4.10. The molecule has 1 aromatic rings. The van der Waals surface area contributed by atoms with E-state index in [-0.39, 0.29) is 12.2 Å². The molecule has 1 fully saturated rings. The van der Waals surface area contributed by atoms with E-state index in [0.717, 1.165) is 11.0 Å². The molecule has 0 N–H and O–H groups in total. The molecule has 1 saturated heterocycles. The van der Waals surface area contributed by atoms with Crippen molar-refractivity contribution in [3.63, 3.8) is 0 Å². The van der Waals surface area contributed by atoms with Crippen LogP contribution in [0.4, 0.5) is 4.79 Å². The van der Waals surface area contributed by atoms with Gasteiger partial charge in [0, 0.05) is 20.0 Å². The van der Waals surface area contributed by atoms with Gasteiger partial charge in [0.15, 0.2) is 5.75 Å². The Morgan fingerprint density at radius 1 is 1.50 bits per heavy atom. The first-order valence-electron chi connectivity index (χ1n) is 6.58. The first-order chi connectivity index (χ1) is 9.26. The van der Waals surface area contributed by atoms with Crippen LogP contribution < -0.4 is 4.74 Å². The third-order valence-electron chi connectivity index (χ3n) is 2.93. The van der Waals surface area contributed by atoms with Crippen LogP contribution in [0.1, 0.15) is 27.2 Å². The van der Waals surface area contributed by atoms with Gasteiger partial charge in [-0.15, -0.1) is 0 Å². The van der Waals surface area contributed by atoms with E-state index < -0.39 is 5.60 Å². The van der Waals surface area contributed by atoms with Gasteiger partial charge in [0.1, 0.15) is 16.3 Å². The average molecular weight is 346 g/mol. The highest BCUT2D eigenvalue weighted by Crippen LogP contribution is 2.26. The first kappa shape index (κ1) is 15.2. The van der Waals surface area contributed by atoms with E-state index in [2.05, 4.69) is 21.0 Å². The van der Waals surface area contributed by atoms with E-state index in [0.29, 0.717) is 18.8 Å². The first-order valence-corrected chi connectivity index (χ1v) is 7.37. The molecule has 2 rings (SSSR count). The molecule has 20 heavy (non-hydrogen) atoms. The Hall–Kier alpha value is -1.24. The number of rotatable bonds is 2. The number of ether oxygens (including phenoxy) is 2. The van der Waals surface area contributed by atoms with Crippen molar-refractivity contribution in [1.82, 2.24) is 14.7 Å². The molecule has 0 aliphatic carbocycles. The Morgan fingerprint density at radius 2 is 2.20 bits per heavy atom. The molecule has 0 aromatic carbocycles. The van der Waals surface area contributed by atoms with Crippen LogP contribution in [0.2, 0.25) is 0 Å². The normalized spacial score (nSPS) is 19.2. The molecule has 1 amide bonds. The Bertz CT molecular complexity index is 496. The molecule has 6 nitrogen and oxygen atoms in total. The Morgan fingerprint density at radius 3 is 2.75 bits per heavy atom. The van der Waals surface area contributed by atoms with Crippen LogP contribution in [-0.2, 0) is 11.8 Å². The highest BCUT2D eigenvalue weighted by atomic mass is 79.9. The topological polar surface area (TPSA) is 56.6 Å². The van der Waals surface area contributed by atoms with Gasteiger partial charge in [-0.1, -0.05) is 0 Å². The fraction of sp³-hybridized carbons (Fsp3) is 0.692. The van der Waals surface area contributed by atoms with E-state index in [4.69, 9.17) is 9.47 Å². The average Bonchev–Trinajstić information content (AvgIpc) is 2.90. The summed E-state index contributed by atoms with van der Waals surface area (Å²) in [5.74, 6) is 0.698. The second-order valence-electron chi connectivity index (χ2n) is 5.88. The van der Waals surface area contributed by atoms with Crippen LogP contribution in [0, 0.1) is 0 Å². The lowest BCUT2D eigenvalue weighted by atomic mass is 10.2. The molecule has 1 aliphatic heterocycles. The number of amides is 1. The molecule has 0 bridgehead atoms. The second-order valence-corrected chi connectivity index (χ2v) is 6.63. The number of aromatic nitrogens is 2. The van der Waals surface area contributed by atoms with Crippen LogP contribution in [0.15, 0.2) is 10.8 Å². The summed E-state index contributed by atoms with van der Waals surface area (Å²) >= 11 is 3.41. The van der Waals surface area contributed by atoms with Crippen molar-refractivity contribution in [3.05, 3.63) is 10.8 Å². The van der Waals surface area contributed by atoms with Gasteiger partial charge >= 0.3 is 6.09 Å². The molecule has 0 saturated carbocycles. The minimum atomic E-state index is -0.470. The van der Waals surface area contributed by atoms with Gasteiger partial charge in [0.2, 0.25) is 0 Å². The Kier molecular flexibility index (Phi) is 4.27. The molecule has 1 aliphatic rings. The summed E-state index contributed by atoms with van der Waals surface area (Å²) in [6.45, 7) is 6.78. The van der Waals surface area contributed by atoms with E-state index in [1.54, 1.807) is 15.8 Å². The van der Waals surface area contributed by atoms with Gasteiger partial charge in [0.25, 0.3) is 0 Å². The molecule has 7 heteroatoms. The largest absolute Gasteiger partial charge is 0.484 e. The maximum Gasteiger partial charge on any atom is 0.410 e. The fourth-order valence-corrected chi connectivity index (χ4v) is 2.27. The number of likely N-dealkylation sites (tertiary alicyclic amines) is 1. The van der Waals surface area contributed by atoms with Gasteiger partial charge in [-0.05, 0) is 36.7 Å². The van der Waals surface area contributed by atoms with Crippen molar-refractivity contribution in [1.29, 1.82) is 0 Å². The third kappa shape index (κ3) is 3.65. The fourth-order valence-electron chi connectivity index (χ4n) is 1.98. The van der Waals surface area contributed by atoms with E-state index in [9.17, 15) is 4.79 Å². The smallest absolute Gasteiger partial charge is 0.410 e. The lowest BCUT2D eigenvalue weighted by Gasteiger charge is -2.24. The number of nitrogens with zero attached hydrogens (tertiary/aromatic N) is 3. The van der Waals surface area contributed by atoms with Crippen molar-refractivity contribution in [3.8, 4) is 5.75 Å². The van der Waals surface area contributed by atoms with Crippen molar-refractivity contribution in [2.45, 2.75) is 38.9 Å². The zero-order valence-corrected chi connectivity index (χ0v) is 13.8. The number of hydrogen-bond acceptors (Lipinski definition) is 4. The molecule has 112 valence electrons. The zero-order chi connectivity index (χ0) is 14.9. The maximum absolute atomic E-state index is 12.0. The van der Waals surface area contributed by atoms with Crippen LogP contribution in [0.3, 0.4) is 0 Å². The summed E-state index contributed by atoms with van der Waals surface area (Å²) in [7, 11) is 1.83. The number of hydrogen-bond donors (Lipinski definition) is 0. The number of carbonyl (C=O) groups is 1. The number of carbonyl (C=O) groups excluding carboxylic acids is 1. The van der Waals surface area contributed by atoms with Crippen molar-refractivity contribution >= 4 is 22.0 Å². The summed E-state index contributed by atoms with van der Waals surface area (Å²) in [6.07, 6.45) is 2.15. The lowest BCUT2D eigenvalue weighted by Crippen LogP contribution is -2.36. The molecule has 2 heterocycles. The minimum Gasteiger partial charge on any atom is -0.484 e. The van der Waals surface area contributed by atoms with Gasteiger partial charge in [-0.25, -0.2) is 4.79 Å². The highest BCUT2D eigenvalue weighted by Gasteiger charge is 2.31. The number of halogens is 1. The molecule has 0 unspecified atom stereocenters. The molecule has 1 atom stereocenters. The Labute approximate surface area is 127 Å². The second kappa shape index (κ2) is 5.63. The van der Waals surface area contributed by atoms with Crippen molar-refractivity contribution < 1.29 is 14.3 Å². The van der Waals surface area contributed by atoms with E-state index in [1.807, 2.05) is 27.8 Å².